The van der Waals surface area contributed by atoms with Crippen molar-refractivity contribution in [3.63, 3.8) is 0 Å². The number of nitriles is 1. The molecule has 0 saturated heterocycles. The minimum Gasteiger partial charge on any atom is -0.494 e. The summed E-state index contributed by atoms with van der Waals surface area (Å²) < 4.78 is 33.9. The van der Waals surface area contributed by atoms with E-state index in [1.54, 1.807) is 55.7 Å². The molecule has 47 heavy (non-hydrogen) atoms. The molecule has 0 aliphatic rings. The Labute approximate surface area is 279 Å². The summed E-state index contributed by atoms with van der Waals surface area (Å²) >= 11 is 5.79. The Hall–Kier alpha value is -5.14. The topological polar surface area (TPSA) is 134 Å². The predicted molar refractivity (Wildman–Crippen MR) is 178 cm³/mol. The first-order chi connectivity index (χ1) is 22.8. The molecule has 0 aliphatic heterocycles. The first-order valence-corrected chi connectivity index (χ1v) is 15.4. The van der Waals surface area contributed by atoms with Crippen LogP contribution in [0.2, 0.25) is 0 Å². The zero-order chi connectivity index (χ0) is 34.0. The Morgan fingerprint density at radius 2 is 1.38 bits per heavy atom. The molecule has 0 aromatic heterocycles. The minimum atomic E-state index is -1.31. The van der Waals surface area contributed by atoms with E-state index in [4.69, 9.17) is 45.7 Å². The molecule has 0 radical (unpaired) electrons. The van der Waals surface area contributed by atoms with E-state index in [-0.39, 0.29) is 13.2 Å². The summed E-state index contributed by atoms with van der Waals surface area (Å²) in [7, 11) is 4.33. The van der Waals surface area contributed by atoms with E-state index < -0.39 is 17.5 Å². The first kappa shape index (κ1) is 36.3. The standard InChI is InChI=1S/C36H38ClNO9/c1-42-33-20-25(10-13-35(39)44-3)8-11-31(33)46-23-27-16-28(19-30(18-27)45-15-7-5-4-6-14-37)24-47-32-12-9-26(21-34(32)43-2)17-29(22-38)36(40)41/h8-13,16-21H,4-7,14-15,23-24H2,1-3H3,(H,40,41)/b13-10+,29-17+. The third kappa shape index (κ3) is 11.9. The van der Waals surface area contributed by atoms with Gasteiger partial charge in [0.2, 0.25) is 0 Å². The summed E-state index contributed by atoms with van der Waals surface area (Å²) in [4.78, 5) is 22.7. The number of halogens is 1. The normalized spacial score (nSPS) is 11.1. The van der Waals surface area contributed by atoms with Gasteiger partial charge in [-0.05, 0) is 89.7 Å². The highest BCUT2D eigenvalue weighted by Crippen LogP contribution is 2.32. The summed E-state index contributed by atoms with van der Waals surface area (Å²) in [5.74, 6) is 1.39. The zero-order valence-corrected chi connectivity index (χ0v) is 27.4. The molecule has 0 atom stereocenters. The Bertz CT molecular complexity index is 1610. The monoisotopic (exact) mass is 663 g/mol. The van der Waals surface area contributed by atoms with Crippen molar-refractivity contribution in [1.29, 1.82) is 5.26 Å². The van der Waals surface area contributed by atoms with Crippen LogP contribution in [0.25, 0.3) is 12.2 Å². The van der Waals surface area contributed by atoms with Crippen LogP contribution in [0.15, 0.2) is 66.2 Å². The molecular weight excluding hydrogens is 626 g/mol. The fourth-order valence-corrected chi connectivity index (χ4v) is 4.57. The van der Waals surface area contributed by atoms with E-state index in [0.717, 1.165) is 42.4 Å². The minimum absolute atomic E-state index is 0.175. The number of carboxylic acid groups (broad SMARTS) is 1. The number of alkyl halides is 1. The van der Waals surface area contributed by atoms with Gasteiger partial charge in [-0.2, -0.15) is 5.26 Å². The number of nitrogens with zero attached hydrogens (tertiary/aromatic N) is 1. The molecule has 0 spiro atoms. The molecule has 0 unspecified atom stereocenters. The molecule has 3 aromatic carbocycles. The molecule has 0 aliphatic carbocycles. The lowest BCUT2D eigenvalue weighted by Crippen LogP contribution is -2.04. The van der Waals surface area contributed by atoms with Gasteiger partial charge in [0.1, 0.15) is 30.6 Å². The molecule has 3 aromatic rings. The van der Waals surface area contributed by atoms with Gasteiger partial charge in [-0.15, -0.1) is 11.6 Å². The lowest BCUT2D eigenvalue weighted by Gasteiger charge is -2.15. The highest BCUT2D eigenvalue weighted by atomic mass is 35.5. The van der Waals surface area contributed by atoms with Crippen molar-refractivity contribution in [2.24, 2.45) is 0 Å². The van der Waals surface area contributed by atoms with E-state index in [0.29, 0.717) is 46.8 Å². The maximum Gasteiger partial charge on any atom is 0.346 e. The van der Waals surface area contributed by atoms with Gasteiger partial charge in [-0.25, -0.2) is 9.59 Å². The molecule has 10 nitrogen and oxygen atoms in total. The molecule has 0 saturated carbocycles. The van der Waals surface area contributed by atoms with Gasteiger partial charge in [0.05, 0.1) is 27.9 Å². The number of aliphatic carboxylic acids is 1. The molecule has 248 valence electrons. The smallest absolute Gasteiger partial charge is 0.346 e. The number of ether oxygens (including phenoxy) is 6. The molecule has 0 fully saturated rings. The van der Waals surface area contributed by atoms with Crippen LogP contribution in [-0.2, 0) is 27.5 Å². The maximum absolute atomic E-state index is 11.5. The van der Waals surface area contributed by atoms with Gasteiger partial charge in [-0.1, -0.05) is 25.0 Å². The van der Waals surface area contributed by atoms with E-state index >= 15 is 0 Å². The summed E-state index contributed by atoms with van der Waals surface area (Å²) in [5, 5.41) is 18.2. The van der Waals surface area contributed by atoms with Crippen molar-refractivity contribution in [3.05, 3.63) is 88.5 Å². The molecule has 3 rings (SSSR count). The zero-order valence-electron chi connectivity index (χ0n) is 26.6. The number of esters is 1. The first-order valence-electron chi connectivity index (χ1n) is 14.8. The van der Waals surface area contributed by atoms with Crippen molar-refractivity contribution in [2.45, 2.75) is 38.9 Å². The van der Waals surface area contributed by atoms with Crippen LogP contribution in [-0.4, -0.2) is 50.9 Å². The largest absolute Gasteiger partial charge is 0.494 e. The second-order valence-electron chi connectivity index (χ2n) is 10.2. The second kappa shape index (κ2) is 19.4. The number of methoxy groups -OCH3 is 3. The van der Waals surface area contributed by atoms with Crippen molar-refractivity contribution in [1.82, 2.24) is 0 Å². The van der Waals surface area contributed by atoms with Gasteiger partial charge < -0.3 is 33.5 Å². The summed E-state index contributed by atoms with van der Waals surface area (Å²) in [6, 6.07) is 17.7. The molecule has 0 amide bonds. The van der Waals surface area contributed by atoms with E-state index in [1.807, 2.05) is 18.2 Å². The van der Waals surface area contributed by atoms with Gasteiger partial charge in [0, 0.05) is 12.0 Å². The Morgan fingerprint density at radius 3 is 1.94 bits per heavy atom. The van der Waals surface area contributed by atoms with Crippen molar-refractivity contribution in [2.75, 3.05) is 33.8 Å². The number of carbonyl (C=O) groups excluding carboxylic acids is 1. The van der Waals surface area contributed by atoms with E-state index in [1.165, 1.54) is 26.4 Å². The molecule has 11 heteroatoms. The average Bonchev–Trinajstić information content (AvgIpc) is 3.09. The fraction of sp³-hybridized carbons (Fsp3) is 0.306. The maximum atomic E-state index is 11.5. The summed E-state index contributed by atoms with van der Waals surface area (Å²) in [6.07, 6.45) is 8.14. The number of unbranched alkanes of at least 4 members (excludes halogenated alkanes) is 3. The fourth-order valence-electron chi connectivity index (χ4n) is 4.38. The molecular formula is C36H38ClNO9. The molecule has 0 heterocycles. The van der Waals surface area contributed by atoms with Crippen LogP contribution in [0.1, 0.15) is 47.9 Å². The van der Waals surface area contributed by atoms with Crippen LogP contribution in [0.3, 0.4) is 0 Å². The molecule has 0 bridgehead atoms. The average molecular weight is 664 g/mol. The van der Waals surface area contributed by atoms with E-state index in [9.17, 15) is 9.59 Å². The lowest BCUT2D eigenvalue weighted by atomic mass is 10.1. The molecule has 1 N–H and O–H groups in total. The third-order valence-corrected chi connectivity index (χ3v) is 7.03. The highest BCUT2D eigenvalue weighted by Gasteiger charge is 2.12. The van der Waals surface area contributed by atoms with Gasteiger partial charge in [0.15, 0.2) is 23.0 Å². The van der Waals surface area contributed by atoms with Crippen LogP contribution >= 0.6 is 11.6 Å². The predicted octanol–water partition coefficient (Wildman–Crippen LogP) is 7.22. The van der Waals surface area contributed by atoms with Crippen molar-refractivity contribution in [3.8, 4) is 34.8 Å². The number of rotatable bonds is 19. The highest BCUT2D eigenvalue weighted by molar-refractivity contribution is 6.17. The summed E-state index contributed by atoms with van der Waals surface area (Å²) in [5.41, 5.74) is 2.49. The van der Waals surface area contributed by atoms with Crippen LogP contribution in [0, 0.1) is 11.3 Å². The number of carbonyl (C=O) groups is 2. The Morgan fingerprint density at radius 1 is 0.787 bits per heavy atom. The lowest BCUT2D eigenvalue weighted by molar-refractivity contribution is -0.135. The Balaban J connectivity index is 1.79. The quantitative estimate of drug-likeness (QED) is 0.0461. The van der Waals surface area contributed by atoms with Gasteiger partial charge in [0.25, 0.3) is 0 Å². The van der Waals surface area contributed by atoms with Crippen LogP contribution in [0.4, 0.5) is 0 Å². The van der Waals surface area contributed by atoms with Crippen LogP contribution in [0.5, 0.6) is 28.7 Å². The van der Waals surface area contributed by atoms with Crippen molar-refractivity contribution >= 4 is 35.7 Å². The number of benzene rings is 3. The van der Waals surface area contributed by atoms with Gasteiger partial charge in [-0.3, -0.25) is 0 Å². The van der Waals surface area contributed by atoms with Crippen molar-refractivity contribution < 1.29 is 43.1 Å². The summed E-state index contributed by atoms with van der Waals surface area (Å²) in [6.45, 7) is 0.933. The number of carboxylic acids is 1. The third-order valence-electron chi connectivity index (χ3n) is 6.76. The van der Waals surface area contributed by atoms with Gasteiger partial charge >= 0.3 is 11.9 Å². The Kier molecular flexibility index (Phi) is 15.0. The SMILES string of the molecule is COC(=O)/C=C/c1ccc(OCc2cc(COc3ccc(/C=C(\C#N)C(=O)O)cc3OC)cc(OCCCCCCCl)c2)c(OC)c1. The second-order valence-corrected chi connectivity index (χ2v) is 10.5. The van der Waals surface area contributed by atoms with Crippen LogP contribution < -0.4 is 23.7 Å². The van der Waals surface area contributed by atoms with E-state index in [2.05, 4.69) is 4.74 Å². The number of hydrogen-bond donors (Lipinski definition) is 1. The number of hydrogen-bond acceptors (Lipinski definition) is 9.